The minimum atomic E-state index is -0.444. The van der Waals surface area contributed by atoms with Crippen LogP contribution in [0.4, 0.5) is 4.79 Å². The molecule has 1 N–H and O–H groups in total. The summed E-state index contributed by atoms with van der Waals surface area (Å²) in [6.07, 6.45) is 3.28. The molecular weight excluding hydrogens is 296 g/mol. The van der Waals surface area contributed by atoms with Gasteiger partial charge in [-0.1, -0.05) is 12.5 Å². The fraction of sp³-hybridized carbons (Fsp3) is 0.706. The average Bonchev–Trinajstić information content (AvgIpc) is 2.97. The molecule has 0 aliphatic carbocycles. The number of hydrogen-bond donors (Lipinski definition) is 1. The van der Waals surface area contributed by atoms with Crippen LogP contribution in [-0.4, -0.2) is 35.7 Å². The number of nitrogens with zero attached hydrogens (tertiary/aromatic N) is 1. The third kappa shape index (κ3) is 4.99. The number of ether oxygens (including phenoxy) is 1. The van der Waals surface area contributed by atoms with Crippen molar-refractivity contribution in [3.63, 3.8) is 0 Å². The van der Waals surface area contributed by atoms with Crippen molar-refractivity contribution in [2.24, 2.45) is 0 Å². The second-order valence-electron chi connectivity index (χ2n) is 6.96. The van der Waals surface area contributed by atoms with E-state index in [9.17, 15) is 4.79 Å². The third-order valence-corrected chi connectivity index (χ3v) is 5.05. The van der Waals surface area contributed by atoms with E-state index in [1.165, 1.54) is 17.7 Å². The Morgan fingerprint density at radius 3 is 2.91 bits per heavy atom. The van der Waals surface area contributed by atoms with E-state index in [1.807, 2.05) is 20.8 Å². The van der Waals surface area contributed by atoms with Gasteiger partial charge in [0.15, 0.2) is 0 Å². The van der Waals surface area contributed by atoms with Gasteiger partial charge in [-0.2, -0.15) is 0 Å². The van der Waals surface area contributed by atoms with Crippen molar-refractivity contribution in [2.75, 3.05) is 13.1 Å². The first kappa shape index (κ1) is 17.3. The summed E-state index contributed by atoms with van der Waals surface area (Å²) in [7, 11) is 0. The fourth-order valence-corrected chi connectivity index (χ4v) is 3.76. The lowest BCUT2D eigenvalue weighted by atomic mass is 9.99. The van der Waals surface area contributed by atoms with E-state index >= 15 is 0 Å². The summed E-state index contributed by atoms with van der Waals surface area (Å²) in [5, 5.41) is 5.07. The van der Waals surface area contributed by atoms with Crippen LogP contribution in [0.5, 0.6) is 0 Å². The Kier molecular flexibility index (Phi) is 5.87. The second-order valence-corrected chi connectivity index (χ2v) is 7.94. The highest BCUT2D eigenvalue weighted by atomic mass is 32.1. The van der Waals surface area contributed by atoms with Crippen LogP contribution in [0.2, 0.25) is 0 Å². The van der Waals surface area contributed by atoms with Crippen molar-refractivity contribution in [2.45, 2.75) is 64.6 Å². The van der Waals surface area contributed by atoms with Crippen molar-refractivity contribution in [3.8, 4) is 0 Å². The SMILES string of the molecule is C[C@H](c1cccs1)N1CCCC[C@H]1CNC(=O)OC(C)(C)C. The minimum absolute atomic E-state index is 0.318. The summed E-state index contributed by atoms with van der Waals surface area (Å²) in [5.74, 6) is 0. The summed E-state index contributed by atoms with van der Waals surface area (Å²) in [4.78, 5) is 15.8. The smallest absolute Gasteiger partial charge is 0.407 e. The molecule has 4 nitrogen and oxygen atoms in total. The summed E-state index contributed by atoms with van der Waals surface area (Å²) in [5.41, 5.74) is -0.444. The molecular formula is C17H28N2O2S. The molecule has 0 unspecified atom stereocenters. The molecule has 1 saturated heterocycles. The number of thiophene rings is 1. The molecule has 1 aromatic rings. The maximum Gasteiger partial charge on any atom is 0.407 e. The monoisotopic (exact) mass is 324 g/mol. The van der Waals surface area contributed by atoms with E-state index in [0.717, 1.165) is 13.0 Å². The lowest BCUT2D eigenvalue weighted by Gasteiger charge is -2.39. The molecule has 2 rings (SSSR count). The van der Waals surface area contributed by atoms with Gasteiger partial charge in [-0.3, -0.25) is 4.90 Å². The maximum absolute atomic E-state index is 11.9. The quantitative estimate of drug-likeness (QED) is 0.903. The van der Waals surface area contributed by atoms with E-state index in [-0.39, 0.29) is 6.09 Å². The van der Waals surface area contributed by atoms with Crippen LogP contribution in [0.15, 0.2) is 17.5 Å². The highest BCUT2D eigenvalue weighted by Gasteiger charge is 2.28. The molecule has 1 aliphatic rings. The third-order valence-electron chi connectivity index (χ3n) is 4.01. The van der Waals surface area contributed by atoms with Crippen LogP contribution in [0, 0.1) is 0 Å². The van der Waals surface area contributed by atoms with Gasteiger partial charge in [-0.05, 0) is 58.5 Å². The van der Waals surface area contributed by atoms with Crippen LogP contribution in [-0.2, 0) is 4.74 Å². The first-order valence-corrected chi connectivity index (χ1v) is 9.01. The Hall–Kier alpha value is -1.07. The summed E-state index contributed by atoms with van der Waals surface area (Å²) >= 11 is 1.81. The van der Waals surface area contributed by atoms with Gasteiger partial charge in [0.05, 0.1) is 0 Å². The second kappa shape index (κ2) is 7.47. The van der Waals surface area contributed by atoms with Crippen molar-refractivity contribution in [1.82, 2.24) is 10.2 Å². The van der Waals surface area contributed by atoms with Crippen LogP contribution >= 0.6 is 11.3 Å². The molecule has 0 radical (unpaired) electrons. The van der Waals surface area contributed by atoms with E-state index in [4.69, 9.17) is 4.74 Å². The standard InChI is InChI=1S/C17H28N2O2S/c1-13(15-9-7-11-22-15)19-10-6-5-8-14(19)12-18-16(20)21-17(2,3)4/h7,9,11,13-14H,5-6,8,10,12H2,1-4H3,(H,18,20)/t13-,14+/m1/s1. The molecule has 22 heavy (non-hydrogen) atoms. The molecule has 1 fully saturated rings. The lowest BCUT2D eigenvalue weighted by molar-refractivity contribution is 0.0473. The van der Waals surface area contributed by atoms with Gasteiger partial charge in [0.2, 0.25) is 0 Å². The van der Waals surface area contributed by atoms with Crippen LogP contribution in [0.1, 0.15) is 57.9 Å². The Morgan fingerprint density at radius 2 is 2.27 bits per heavy atom. The lowest BCUT2D eigenvalue weighted by Crippen LogP contribution is -2.48. The molecule has 1 amide bonds. The highest BCUT2D eigenvalue weighted by Crippen LogP contribution is 2.30. The van der Waals surface area contributed by atoms with Gasteiger partial charge in [-0.15, -0.1) is 11.3 Å². The van der Waals surface area contributed by atoms with Gasteiger partial charge in [0.25, 0.3) is 0 Å². The molecule has 0 bridgehead atoms. The van der Waals surface area contributed by atoms with Crippen LogP contribution in [0.25, 0.3) is 0 Å². The zero-order valence-electron chi connectivity index (χ0n) is 14.1. The van der Waals surface area contributed by atoms with Gasteiger partial charge in [0, 0.05) is 23.5 Å². The number of nitrogens with one attached hydrogen (secondary N) is 1. The van der Waals surface area contributed by atoms with E-state index < -0.39 is 5.60 Å². The van der Waals surface area contributed by atoms with Crippen LogP contribution in [0.3, 0.4) is 0 Å². The Labute approximate surface area is 137 Å². The normalized spacial score (nSPS) is 21.4. The zero-order valence-corrected chi connectivity index (χ0v) is 14.9. The average molecular weight is 324 g/mol. The number of likely N-dealkylation sites (tertiary alicyclic amines) is 1. The number of carbonyl (C=O) groups excluding carboxylic acids is 1. The number of carbonyl (C=O) groups is 1. The fourth-order valence-electron chi connectivity index (χ4n) is 2.96. The van der Waals surface area contributed by atoms with Crippen LogP contribution < -0.4 is 5.32 Å². The maximum atomic E-state index is 11.9. The number of alkyl carbamates (subject to hydrolysis) is 1. The predicted molar refractivity (Wildman–Crippen MR) is 91.3 cm³/mol. The van der Waals surface area contributed by atoms with Crippen molar-refractivity contribution in [1.29, 1.82) is 0 Å². The summed E-state index contributed by atoms with van der Waals surface area (Å²) in [6, 6.07) is 5.10. The van der Waals surface area contributed by atoms with Crippen molar-refractivity contribution in [3.05, 3.63) is 22.4 Å². The van der Waals surface area contributed by atoms with E-state index in [2.05, 4.69) is 34.7 Å². The molecule has 0 spiro atoms. The molecule has 2 atom stereocenters. The van der Waals surface area contributed by atoms with Gasteiger partial charge in [0.1, 0.15) is 5.60 Å². The van der Waals surface area contributed by atoms with E-state index in [1.54, 1.807) is 11.3 Å². The predicted octanol–water partition coefficient (Wildman–Crippen LogP) is 4.19. The number of hydrogen-bond acceptors (Lipinski definition) is 4. The largest absolute Gasteiger partial charge is 0.444 e. The van der Waals surface area contributed by atoms with Gasteiger partial charge < -0.3 is 10.1 Å². The number of piperidine rings is 1. The molecule has 124 valence electrons. The first-order chi connectivity index (χ1) is 10.4. The van der Waals surface area contributed by atoms with E-state index in [0.29, 0.717) is 18.6 Å². The molecule has 2 heterocycles. The minimum Gasteiger partial charge on any atom is -0.444 e. The van der Waals surface area contributed by atoms with Gasteiger partial charge >= 0.3 is 6.09 Å². The Bertz CT molecular complexity index is 468. The number of amides is 1. The summed E-state index contributed by atoms with van der Waals surface area (Å²) in [6.45, 7) is 9.68. The molecule has 1 aliphatic heterocycles. The highest BCUT2D eigenvalue weighted by molar-refractivity contribution is 7.10. The van der Waals surface area contributed by atoms with Gasteiger partial charge in [-0.25, -0.2) is 4.79 Å². The Morgan fingerprint density at radius 1 is 1.50 bits per heavy atom. The molecule has 0 saturated carbocycles. The zero-order chi connectivity index (χ0) is 16.2. The molecule has 5 heteroatoms. The number of rotatable bonds is 4. The topological polar surface area (TPSA) is 41.6 Å². The Balaban J connectivity index is 1.91. The van der Waals surface area contributed by atoms with Crippen molar-refractivity contribution >= 4 is 17.4 Å². The molecule has 0 aromatic carbocycles. The first-order valence-electron chi connectivity index (χ1n) is 8.13. The molecule has 1 aromatic heterocycles. The van der Waals surface area contributed by atoms with Crippen molar-refractivity contribution < 1.29 is 9.53 Å². The summed E-state index contributed by atoms with van der Waals surface area (Å²) < 4.78 is 5.33.